The largest absolute Gasteiger partial charge is 0.460 e. The minimum Gasteiger partial charge on any atom is -0.460 e. The SMILES string of the molecule is Cc1cc(C)c(C(C)C)cc1C(CCC(=O)OC(C)(C)C)=NN. The van der Waals surface area contributed by atoms with Gasteiger partial charge in [-0.1, -0.05) is 19.9 Å². The number of ether oxygens (including phenoxy) is 1. The van der Waals surface area contributed by atoms with Gasteiger partial charge in [0.05, 0.1) is 12.1 Å². The van der Waals surface area contributed by atoms with Crippen LogP contribution >= 0.6 is 0 Å². The zero-order valence-electron chi connectivity index (χ0n) is 15.5. The molecule has 0 aromatic heterocycles. The van der Waals surface area contributed by atoms with Crippen LogP contribution in [0, 0.1) is 13.8 Å². The summed E-state index contributed by atoms with van der Waals surface area (Å²) in [6.07, 6.45) is 0.754. The van der Waals surface area contributed by atoms with Crippen molar-refractivity contribution < 1.29 is 9.53 Å². The van der Waals surface area contributed by atoms with E-state index in [9.17, 15) is 4.79 Å². The molecule has 0 radical (unpaired) electrons. The maximum atomic E-state index is 11.9. The molecule has 1 rings (SSSR count). The Kier molecular flexibility index (Phi) is 6.37. The van der Waals surface area contributed by atoms with Gasteiger partial charge in [0.15, 0.2) is 0 Å². The molecule has 1 aromatic carbocycles. The zero-order chi connectivity index (χ0) is 17.8. The van der Waals surface area contributed by atoms with Crippen LogP contribution in [0.15, 0.2) is 17.2 Å². The second kappa shape index (κ2) is 7.62. The molecule has 23 heavy (non-hydrogen) atoms. The van der Waals surface area contributed by atoms with E-state index in [4.69, 9.17) is 10.6 Å². The van der Waals surface area contributed by atoms with E-state index in [1.807, 2.05) is 27.7 Å². The van der Waals surface area contributed by atoms with Gasteiger partial charge in [-0.05, 0) is 63.3 Å². The lowest BCUT2D eigenvalue weighted by molar-refractivity contribution is -0.154. The third-order valence-corrected chi connectivity index (χ3v) is 3.69. The number of nitrogens with zero attached hydrogens (tertiary/aromatic N) is 1. The molecule has 0 aliphatic rings. The number of hydrogen-bond donors (Lipinski definition) is 1. The topological polar surface area (TPSA) is 64.7 Å². The number of carbonyl (C=O) groups is 1. The van der Waals surface area contributed by atoms with Gasteiger partial charge >= 0.3 is 5.97 Å². The lowest BCUT2D eigenvalue weighted by Crippen LogP contribution is -2.24. The maximum absolute atomic E-state index is 11.9. The van der Waals surface area contributed by atoms with E-state index in [0.717, 1.165) is 16.8 Å². The van der Waals surface area contributed by atoms with Crippen LogP contribution in [0.25, 0.3) is 0 Å². The molecule has 2 N–H and O–H groups in total. The minimum atomic E-state index is -0.471. The summed E-state index contributed by atoms with van der Waals surface area (Å²) in [6, 6.07) is 4.31. The first kappa shape index (κ1) is 19.2. The minimum absolute atomic E-state index is 0.229. The molecule has 4 heteroatoms. The average molecular weight is 318 g/mol. The Hall–Kier alpha value is -1.84. The number of hydrogen-bond acceptors (Lipinski definition) is 4. The van der Waals surface area contributed by atoms with Gasteiger partial charge in [-0.15, -0.1) is 0 Å². The molecule has 128 valence electrons. The molecule has 0 bridgehead atoms. The fraction of sp³-hybridized carbons (Fsp3) is 0.579. The van der Waals surface area contributed by atoms with Crippen LogP contribution in [0.1, 0.15) is 75.6 Å². The first-order valence-electron chi connectivity index (χ1n) is 8.15. The Bertz CT molecular complexity index is 596. The van der Waals surface area contributed by atoms with Crippen molar-refractivity contribution in [3.05, 3.63) is 34.4 Å². The molecule has 0 atom stereocenters. The fourth-order valence-corrected chi connectivity index (χ4v) is 2.68. The Morgan fingerprint density at radius 2 is 1.78 bits per heavy atom. The van der Waals surface area contributed by atoms with E-state index in [1.165, 1.54) is 11.1 Å². The van der Waals surface area contributed by atoms with Crippen LogP contribution in [0.4, 0.5) is 0 Å². The third-order valence-electron chi connectivity index (χ3n) is 3.69. The summed E-state index contributed by atoms with van der Waals surface area (Å²) in [5.74, 6) is 5.79. The summed E-state index contributed by atoms with van der Waals surface area (Å²) in [4.78, 5) is 11.9. The molecule has 0 aliphatic carbocycles. The highest BCUT2D eigenvalue weighted by molar-refractivity contribution is 6.03. The first-order chi connectivity index (χ1) is 10.5. The van der Waals surface area contributed by atoms with Gasteiger partial charge in [0.2, 0.25) is 0 Å². The van der Waals surface area contributed by atoms with Crippen LogP contribution in [-0.2, 0) is 9.53 Å². The van der Waals surface area contributed by atoms with Crippen molar-refractivity contribution in [3.8, 4) is 0 Å². The molecule has 0 amide bonds. The number of benzene rings is 1. The molecular weight excluding hydrogens is 288 g/mol. The van der Waals surface area contributed by atoms with Crippen molar-refractivity contribution in [1.29, 1.82) is 0 Å². The van der Waals surface area contributed by atoms with Crippen molar-refractivity contribution in [3.63, 3.8) is 0 Å². The van der Waals surface area contributed by atoms with E-state index in [1.54, 1.807) is 0 Å². The number of rotatable bonds is 5. The highest BCUT2D eigenvalue weighted by Gasteiger charge is 2.18. The van der Waals surface area contributed by atoms with E-state index in [2.05, 4.69) is 38.0 Å². The van der Waals surface area contributed by atoms with Crippen LogP contribution < -0.4 is 5.84 Å². The third kappa shape index (κ3) is 5.70. The van der Waals surface area contributed by atoms with Crippen molar-refractivity contribution in [2.45, 2.75) is 72.8 Å². The molecular formula is C19H30N2O2. The van der Waals surface area contributed by atoms with Gasteiger partial charge in [0.1, 0.15) is 5.60 Å². The molecule has 1 aromatic rings. The Morgan fingerprint density at radius 1 is 1.17 bits per heavy atom. The lowest BCUT2D eigenvalue weighted by Gasteiger charge is -2.20. The van der Waals surface area contributed by atoms with E-state index in [-0.39, 0.29) is 12.4 Å². The average Bonchev–Trinajstić information content (AvgIpc) is 2.38. The van der Waals surface area contributed by atoms with Crippen LogP contribution in [-0.4, -0.2) is 17.3 Å². The Balaban J connectivity index is 2.95. The Labute approximate surface area is 140 Å². The summed E-state index contributed by atoms with van der Waals surface area (Å²) in [7, 11) is 0. The second-order valence-electron chi connectivity index (χ2n) is 7.34. The van der Waals surface area contributed by atoms with E-state index >= 15 is 0 Å². The van der Waals surface area contributed by atoms with Gasteiger partial charge < -0.3 is 10.6 Å². The molecule has 0 saturated heterocycles. The second-order valence-corrected chi connectivity index (χ2v) is 7.34. The quantitative estimate of drug-likeness (QED) is 0.383. The smallest absolute Gasteiger partial charge is 0.306 e. The predicted octanol–water partition coefficient (Wildman–Crippen LogP) is 4.21. The normalized spacial score (nSPS) is 12.6. The van der Waals surface area contributed by atoms with Crippen LogP contribution in [0.2, 0.25) is 0 Å². The van der Waals surface area contributed by atoms with Gasteiger partial charge in [0.25, 0.3) is 0 Å². The zero-order valence-corrected chi connectivity index (χ0v) is 15.5. The van der Waals surface area contributed by atoms with E-state index < -0.39 is 5.60 Å². The standard InChI is InChI=1S/C19H30N2O2/c1-12(2)15-11-16(14(4)10-13(15)3)17(21-20)8-9-18(22)23-19(5,6)7/h10-12H,8-9,20H2,1-7H3. The van der Waals surface area contributed by atoms with Gasteiger partial charge in [-0.2, -0.15) is 5.10 Å². The molecule has 0 heterocycles. The van der Waals surface area contributed by atoms with Gasteiger partial charge in [-0.3, -0.25) is 4.79 Å². The van der Waals surface area contributed by atoms with Gasteiger partial charge in [0, 0.05) is 12.0 Å². The van der Waals surface area contributed by atoms with Crippen LogP contribution in [0.5, 0.6) is 0 Å². The summed E-state index contributed by atoms with van der Waals surface area (Å²) in [5.41, 5.74) is 4.97. The fourth-order valence-electron chi connectivity index (χ4n) is 2.68. The predicted molar refractivity (Wildman–Crippen MR) is 95.8 cm³/mol. The van der Waals surface area contributed by atoms with Crippen molar-refractivity contribution in [1.82, 2.24) is 0 Å². The molecule has 0 spiro atoms. The summed E-state index contributed by atoms with van der Waals surface area (Å²) >= 11 is 0. The molecule has 0 saturated carbocycles. The highest BCUT2D eigenvalue weighted by Crippen LogP contribution is 2.24. The monoisotopic (exact) mass is 318 g/mol. The molecule has 0 unspecified atom stereocenters. The molecule has 4 nitrogen and oxygen atoms in total. The Morgan fingerprint density at radius 3 is 2.26 bits per heavy atom. The summed E-state index contributed by atoms with van der Waals surface area (Å²) in [6.45, 7) is 14.1. The van der Waals surface area contributed by atoms with E-state index in [0.29, 0.717) is 12.3 Å². The molecule has 0 aliphatic heterocycles. The van der Waals surface area contributed by atoms with Crippen molar-refractivity contribution >= 4 is 11.7 Å². The summed E-state index contributed by atoms with van der Waals surface area (Å²) in [5, 5.41) is 3.93. The number of hydrazone groups is 1. The molecule has 0 fully saturated rings. The van der Waals surface area contributed by atoms with Gasteiger partial charge in [-0.25, -0.2) is 0 Å². The number of nitrogens with two attached hydrogens (primary N) is 1. The lowest BCUT2D eigenvalue weighted by atomic mass is 9.90. The van der Waals surface area contributed by atoms with Crippen molar-refractivity contribution in [2.75, 3.05) is 0 Å². The number of carbonyl (C=O) groups excluding carboxylic acids is 1. The number of esters is 1. The highest BCUT2D eigenvalue weighted by atomic mass is 16.6. The first-order valence-corrected chi connectivity index (χ1v) is 8.15. The number of aryl methyl sites for hydroxylation is 2. The maximum Gasteiger partial charge on any atom is 0.306 e. The summed E-state index contributed by atoms with van der Waals surface area (Å²) < 4.78 is 5.35. The van der Waals surface area contributed by atoms with Crippen LogP contribution in [0.3, 0.4) is 0 Å². The van der Waals surface area contributed by atoms with Crippen molar-refractivity contribution in [2.24, 2.45) is 10.9 Å².